The van der Waals surface area contributed by atoms with Gasteiger partial charge in [0, 0.05) is 11.8 Å². The second-order valence-electron chi connectivity index (χ2n) is 2.69. The summed E-state index contributed by atoms with van der Waals surface area (Å²) in [6.07, 6.45) is 0.805. The zero-order valence-corrected chi connectivity index (χ0v) is 9.07. The van der Waals surface area contributed by atoms with E-state index in [1.165, 1.54) is 11.5 Å². The Bertz CT molecular complexity index is 254. The van der Waals surface area contributed by atoms with Crippen LogP contribution in [0.3, 0.4) is 0 Å². The third kappa shape index (κ3) is 4.04. The summed E-state index contributed by atoms with van der Waals surface area (Å²) in [5, 5.41) is 8.68. The van der Waals surface area contributed by atoms with Crippen molar-refractivity contribution in [1.29, 1.82) is 0 Å². The minimum absolute atomic E-state index is 0.0513. The number of aliphatic hydroxyl groups is 1. The van der Waals surface area contributed by atoms with Gasteiger partial charge in [0.15, 0.2) is 4.34 Å². The first-order valence-electron chi connectivity index (χ1n) is 4.02. The molecular formula is C7H13N3OS2. The van der Waals surface area contributed by atoms with Crippen molar-refractivity contribution in [1.82, 2.24) is 9.36 Å². The molecule has 0 aliphatic rings. The van der Waals surface area contributed by atoms with Crippen molar-refractivity contribution in [3.63, 3.8) is 0 Å². The van der Waals surface area contributed by atoms with Crippen LogP contribution in [0.4, 0.5) is 0 Å². The lowest BCUT2D eigenvalue weighted by molar-refractivity contribution is 0.264. The van der Waals surface area contributed by atoms with E-state index in [0.29, 0.717) is 0 Å². The second-order valence-corrected chi connectivity index (χ2v) is 4.78. The molecule has 1 atom stereocenters. The van der Waals surface area contributed by atoms with Gasteiger partial charge in [0.05, 0.1) is 6.61 Å². The van der Waals surface area contributed by atoms with Crippen LogP contribution in [0.25, 0.3) is 0 Å². The number of rotatable bonds is 5. The Hall–Kier alpha value is -0.170. The molecule has 4 nitrogen and oxygen atoms in total. The first-order chi connectivity index (χ1) is 6.22. The van der Waals surface area contributed by atoms with Crippen molar-refractivity contribution in [2.45, 2.75) is 23.7 Å². The number of aromatic nitrogens is 2. The highest BCUT2D eigenvalue weighted by molar-refractivity contribution is 8.00. The summed E-state index contributed by atoms with van der Waals surface area (Å²) in [6, 6.07) is -0.110. The molecule has 1 heterocycles. The van der Waals surface area contributed by atoms with E-state index in [-0.39, 0.29) is 12.6 Å². The number of hydrogen-bond donors (Lipinski definition) is 2. The van der Waals surface area contributed by atoms with Gasteiger partial charge in [0.1, 0.15) is 5.82 Å². The number of nitrogens with zero attached hydrogens (tertiary/aromatic N) is 2. The lowest BCUT2D eigenvalue weighted by atomic mass is 10.3. The topological polar surface area (TPSA) is 72.0 Å². The number of aliphatic hydroxyl groups excluding tert-OH is 1. The molecule has 0 radical (unpaired) electrons. The van der Waals surface area contributed by atoms with Crippen LogP contribution in [0, 0.1) is 6.92 Å². The smallest absolute Gasteiger partial charge is 0.170 e. The molecule has 3 N–H and O–H groups in total. The van der Waals surface area contributed by atoms with Crippen LogP contribution in [0.5, 0.6) is 0 Å². The van der Waals surface area contributed by atoms with Gasteiger partial charge >= 0.3 is 0 Å². The van der Waals surface area contributed by atoms with Crippen LogP contribution < -0.4 is 5.73 Å². The lowest BCUT2D eigenvalue weighted by Crippen LogP contribution is -2.24. The molecule has 0 bridgehead atoms. The minimum Gasteiger partial charge on any atom is -0.395 e. The zero-order chi connectivity index (χ0) is 9.68. The Morgan fingerprint density at radius 2 is 2.46 bits per heavy atom. The molecule has 0 amide bonds. The molecule has 1 aromatic heterocycles. The molecule has 0 saturated heterocycles. The Balaban J connectivity index is 2.20. The lowest BCUT2D eigenvalue weighted by Gasteiger charge is -2.04. The van der Waals surface area contributed by atoms with Gasteiger partial charge in [-0.2, -0.15) is 4.37 Å². The van der Waals surface area contributed by atoms with Gasteiger partial charge in [0.25, 0.3) is 0 Å². The van der Waals surface area contributed by atoms with E-state index < -0.39 is 0 Å². The maximum absolute atomic E-state index is 8.68. The van der Waals surface area contributed by atoms with E-state index in [1.807, 2.05) is 6.92 Å². The van der Waals surface area contributed by atoms with Gasteiger partial charge in [-0.05, 0) is 24.9 Å². The van der Waals surface area contributed by atoms with Crippen LogP contribution in [-0.4, -0.2) is 32.9 Å². The number of hydrogen-bond acceptors (Lipinski definition) is 6. The molecule has 6 heteroatoms. The largest absolute Gasteiger partial charge is 0.395 e. The highest BCUT2D eigenvalue weighted by Gasteiger charge is 2.03. The number of aryl methyl sites for hydroxylation is 1. The first kappa shape index (κ1) is 10.9. The van der Waals surface area contributed by atoms with E-state index in [4.69, 9.17) is 10.8 Å². The molecular weight excluding hydrogens is 206 g/mol. The number of thioether (sulfide) groups is 1. The molecule has 13 heavy (non-hydrogen) atoms. The fraction of sp³-hybridized carbons (Fsp3) is 0.714. The van der Waals surface area contributed by atoms with Gasteiger partial charge in [-0.15, -0.1) is 0 Å². The van der Waals surface area contributed by atoms with Crippen molar-refractivity contribution in [3.05, 3.63) is 5.82 Å². The maximum atomic E-state index is 8.68. The quantitative estimate of drug-likeness (QED) is 0.711. The summed E-state index contributed by atoms with van der Waals surface area (Å²) in [5.41, 5.74) is 5.55. The Labute approximate surface area is 85.7 Å². The Morgan fingerprint density at radius 3 is 3.00 bits per heavy atom. The average Bonchev–Trinajstić information content (AvgIpc) is 2.51. The first-order valence-corrected chi connectivity index (χ1v) is 5.78. The molecule has 74 valence electrons. The molecule has 0 saturated carbocycles. The van der Waals surface area contributed by atoms with E-state index in [1.54, 1.807) is 11.8 Å². The van der Waals surface area contributed by atoms with Crippen LogP contribution in [0.1, 0.15) is 12.2 Å². The molecule has 1 aromatic rings. The summed E-state index contributed by atoms with van der Waals surface area (Å²) < 4.78 is 5.04. The van der Waals surface area contributed by atoms with Gasteiger partial charge < -0.3 is 10.8 Å². The van der Waals surface area contributed by atoms with Crippen LogP contribution in [-0.2, 0) is 0 Å². The van der Waals surface area contributed by atoms with E-state index in [0.717, 1.165) is 22.3 Å². The predicted octanol–water partition coefficient (Wildman–Crippen LogP) is 0.648. The predicted molar refractivity (Wildman–Crippen MR) is 55.0 cm³/mol. The minimum atomic E-state index is -0.110. The highest BCUT2D eigenvalue weighted by atomic mass is 32.2. The number of nitrogens with two attached hydrogens (primary N) is 1. The van der Waals surface area contributed by atoms with Crippen molar-refractivity contribution in [3.8, 4) is 0 Å². The summed E-state index contributed by atoms with van der Waals surface area (Å²) in [6.45, 7) is 1.93. The van der Waals surface area contributed by atoms with Crippen molar-refractivity contribution >= 4 is 23.3 Å². The molecule has 1 unspecified atom stereocenters. The fourth-order valence-corrected chi connectivity index (χ4v) is 2.51. The second kappa shape index (κ2) is 5.54. The molecule has 0 fully saturated rings. The summed E-state index contributed by atoms with van der Waals surface area (Å²) in [4.78, 5) is 4.20. The van der Waals surface area contributed by atoms with Crippen LogP contribution >= 0.6 is 23.3 Å². The third-order valence-electron chi connectivity index (χ3n) is 1.46. The third-order valence-corrected chi connectivity index (χ3v) is 3.42. The molecule has 0 spiro atoms. The van der Waals surface area contributed by atoms with E-state index in [2.05, 4.69) is 9.36 Å². The maximum Gasteiger partial charge on any atom is 0.170 e. The van der Waals surface area contributed by atoms with Crippen molar-refractivity contribution < 1.29 is 5.11 Å². The standard InChI is InChI=1S/C7H13N3OS2/c1-5-9-7(13-10-5)12-3-2-6(8)4-11/h6,11H,2-4,8H2,1H3. The van der Waals surface area contributed by atoms with Gasteiger partial charge in [0.2, 0.25) is 0 Å². The highest BCUT2D eigenvalue weighted by Crippen LogP contribution is 2.20. The average molecular weight is 219 g/mol. The summed E-state index contributed by atoms with van der Waals surface area (Å²) in [7, 11) is 0. The molecule has 0 aromatic carbocycles. The van der Waals surface area contributed by atoms with Crippen LogP contribution in [0.2, 0.25) is 0 Å². The van der Waals surface area contributed by atoms with Crippen LogP contribution in [0.15, 0.2) is 4.34 Å². The van der Waals surface area contributed by atoms with Gasteiger partial charge in [-0.25, -0.2) is 4.98 Å². The zero-order valence-electron chi connectivity index (χ0n) is 7.43. The molecule has 0 aliphatic carbocycles. The summed E-state index contributed by atoms with van der Waals surface area (Å²) >= 11 is 3.05. The fourth-order valence-electron chi connectivity index (χ4n) is 0.726. The molecule has 0 aliphatic heterocycles. The Morgan fingerprint density at radius 1 is 1.69 bits per heavy atom. The van der Waals surface area contributed by atoms with Crippen molar-refractivity contribution in [2.75, 3.05) is 12.4 Å². The monoisotopic (exact) mass is 219 g/mol. The Kier molecular flexibility index (Phi) is 4.65. The summed E-state index contributed by atoms with van der Waals surface area (Å²) in [5.74, 6) is 1.70. The van der Waals surface area contributed by atoms with E-state index >= 15 is 0 Å². The van der Waals surface area contributed by atoms with E-state index in [9.17, 15) is 0 Å². The molecule has 1 rings (SSSR count). The normalized spacial score (nSPS) is 13.2. The van der Waals surface area contributed by atoms with Gasteiger partial charge in [-0.1, -0.05) is 11.8 Å². The SMILES string of the molecule is Cc1nsc(SCCC(N)CO)n1. The van der Waals surface area contributed by atoms with Crippen molar-refractivity contribution in [2.24, 2.45) is 5.73 Å². The van der Waals surface area contributed by atoms with Gasteiger partial charge in [-0.3, -0.25) is 0 Å².